The molecule has 1 N–H and O–H groups in total. The molecule has 0 amide bonds. The molecule has 4 nitrogen and oxygen atoms in total. The van der Waals surface area contributed by atoms with Crippen LogP contribution in [0.2, 0.25) is 0 Å². The molecule has 0 bridgehead atoms. The van der Waals surface area contributed by atoms with Crippen molar-refractivity contribution in [2.24, 2.45) is 0 Å². The van der Waals surface area contributed by atoms with Gasteiger partial charge in [-0.25, -0.2) is 0 Å². The monoisotopic (exact) mass is 222 g/mol. The summed E-state index contributed by atoms with van der Waals surface area (Å²) in [7, 11) is 0. The quantitative estimate of drug-likeness (QED) is 0.827. The van der Waals surface area contributed by atoms with Gasteiger partial charge in [0.25, 0.3) is 0 Å². The van der Waals surface area contributed by atoms with Gasteiger partial charge in [-0.2, -0.15) is 0 Å². The number of rotatable bonds is 2. The summed E-state index contributed by atoms with van der Waals surface area (Å²) in [6.45, 7) is 0.279. The molecular formula is C12H14O4. The Morgan fingerprint density at radius 1 is 1.19 bits per heavy atom. The van der Waals surface area contributed by atoms with Gasteiger partial charge in [-0.1, -0.05) is 0 Å². The first-order chi connectivity index (χ1) is 7.81. The van der Waals surface area contributed by atoms with E-state index in [9.17, 15) is 5.11 Å². The number of aliphatic hydroxyl groups is 1. The molecule has 0 saturated heterocycles. The lowest BCUT2D eigenvalue weighted by molar-refractivity contribution is 0.149. The molecule has 1 aromatic carbocycles. The first-order valence-electron chi connectivity index (χ1n) is 5.55. The molecular weight excluding hydrogens is 208 g/mol. The first kappa shape index (κ1) is 9.78. The molecule has 1 aliphatic carbocycles. The van der Waals surface area contributed by atoms with E-state index in [-0.39, 0.29) is 19.0 Å². The fourth-order valence-electron chi connectivity index (χ4n) is 2.17. The van der Waals surface area contributed by atoms with Gasteiger partial charge in [-0.3, -0.25) is 0 Å². The van der Waals surface area contributed by atoms with Gasteiger partial charge in [0.1, 0.15) is 11.9 Å². The Bertz CT molecular complexity index is 391. The van der Waals surface area contributed by atoms with E-state index in [1.807, 2.05) is 18.2 Å². The van der Waals surface area contributed by atoms with Crippen LogP contribution in [-0.4, -0.2) is 24.1 Å². The SMILES string of the molecule is OC1CCC(Oc2ccc3c(c2)OCO3)C1. The molecule has 86 valence electrons. The molecule has 1 aromatic rings. The number of hydrogen-bond acceptors (Lipinski definition) is 4. The summed E-state index contributed by atoms with van der Waals surface area (Å²) in [6.07, 6.45) is 2.37. The Morgan fingerprint density at radius 3 is 2.88 bits per heavy atom. The third kappa shape index (κ3) is 1.80. The lowest BCUT2D eigenvalue weighted by atomic mass is 10.2. The Hall–Kier alpha value is -1.42. The predicted molar refractivity (Wildman–Crippen MR) is 56.8 cm³/mol. The minimum Gasteiger partial charge on any atom is -0.490 e. The van der Waals surface area contributed by atoms with Crippen LogP contribution in [0.1, 0.15) is 19.3 Å². The number of benzene rings is 1. The van der Waals surface area contributed by atoms with Crippen molar-refractivity contribution in [2.45, 2.75) is 31.5 Å². The van der Waals surface area contributed by atoms with Gasteiger partial charge >= 0.3 is 0 Å². The third-order valence-electron chi connectivity index (χ3n) is 3.00. The number of aliphatic hydroxyl groups excluding tert-OH is 1. The summed E-state index contributed by atoms with van der Waals surface area (Å²) in [5.74, 6) is 2.28. The highest BCUT2D eigenvalue weighted by molar-refractivity contribution is 5.46. The number of hydrogen-bond donors (Lipinski definition) is 1. The molecule has 16 heavy (non-hydrogen) atoms. The topological polar surface area (TPSA) is 47.9 Å². The van der Waals surface area contributed by atoms with E-state index in [1.54, 1.807) is 0 Å². The van der Waals surface area contributed by atoms with Crippen molar-refractivity contribution >= 4 is 0 Å². The minimum absolute atomic E-state index is 0.121. The van der Waals surface area contributed by atoms with Crippen molar-refractivity contribution in [3.63, 3.8) is 0 Å². The molecule has 1 aliphatic heterocycles. The lowest BCUT2D eigenvalue weighted by Crippen LogP contribution is -2.13. The second-order valence-corrected chi connectivity index (χ2v) is 4.22. The summed E-state index contributed by atoms with van der Waals surface area (Å²) >= 11 is 0. The molecule has 2 aliphatic rings. The van der Waals surface area contributed by atoms with Crippen LogP contribution in [0.5, 0.6) is 17.2 Å². The summed E-state index contributed by atoms with van der Waals surface area (Å²) in [6, 6.07) is 5.56. The van der Waals surface area contributed by atoms with Crippen LogP contribution in [0.3, 0.4) is 0 Å². The molecule has 0 aromatic heterocycles. The van der Waals surface area contributed by atoms with Crippen molar-refractivity contribution in [3.8, 4) is 17.2 Å². The maximum absolute atomic E-state index is 9.41. The maximum atomic E-state index is 9.41. The van der Waals surface area contributed by atoms with Gasteiger partial charge in [0.15, 0.2) is 11.5 Å². The van der Waals surface area contributed by atoms with Gasteiger partial charge in [0, 0.05) is 12.5 Å². The van der Waals surface area contributed by atoms with E-state index < -0.39 is 0 Å². The standard InChI is InChI=1S/C12H14O4/c13-8-1-2-9(5-8)16-10-3-4-11-12(6-10)15-7-14-11/h3-4,6,8-9,13H,1-2,5,7H2. The van der Waals surface area contributed by atoms with Crippen molar-refractivity contribution < 1.29 is 19.3 Å². The van der Waals surface area contributed by atoms with Crippen molar-refractivity contribution in [2.75, 3.05) is 6.79 Å². The van der Waals surface area contributed by atoms with Gasteiger partial charge in [0.2, 0.25) is 6.79 Å². The highest BCUT2D eigenvalue weighted by Crippen LogP contribution is 2.36. The zero-order valence-electron chi connectivity index (χ0n) is 8.89. The molecule has 0 spiro atoms. The predicted octanol–water partition coefficient (Wildman–Crippen LogP) is 1.71. The van der Waals surface area contributed by atoms with E-state index in [0.717, 1.165) is 30.1 Å². The van der Waals surface area contributed by atoms with Crippen molar-refractivity contribution in [3.05, 3.63) is 18.2 Å². The van der Waals surface area contributed by atoms with Crippen LogP contribution in [0.15, 0.2) is 18.2 Å². The average Bonchev–Trinajstić information content (AvgIpc) is 2.87. The largest absolute Gasteiger partial charge is 0.490 e. The molecule has 1 fully saturated rings. The van der Waals surface area contributed by atoms with Crippen LogP contribution in [0, 0.1) is 0 Å². The van der Waals surface area contributed by atoms with Gasteiger partial charge in [-0.15, -0.1) is 0 Å². The van der Waals surface area contributed by atoms with E-state index in [1.165, 1.54) is 0 Å². The van der Waals surface area contributed by atoms with Crippen LogP contribution < -0.4 is 14.2 Å². The van der Waals surface area contributed by atoms with Crippen LogP contribution in [0.25, 0.3) is 0 Å². The number of fused-ring (bicyclic) bond motifs is 1. The second-order valence-electron chi connectivity index (χ2n) is 4.22. The van der Waals surface area contributed by atoms with Gasteiger partial charge in [0.05, 0.1) is 6.10 Å². The first-order valence-corrected chi connectivity index (χ1v) is 5.55. The Balaban J connectivity index is 1.71. The Morgan fingerprint density at radius 2 is 2.06 bits per heavy atom. The molecule has 0 radical (unpaired) electrons. The number of ether oxygens (including phenoxy) is 3. The zero-order valence-corrected chi connectivity index (χ0v) is 8.89. The summed E-state index contributed by atoms with van der Waals surface area (Å²) in [5, 5.41) is 9.41. The van der Waals surface area contributed by atoms with E-state index in [4.69, 9.17) is 14.2 Å². The molecule has 4 heteroatoms. The van der Waals surface area contributed by atoms with E-state index in [0.29, 0.717) is 6.42 Å². The lowest BCUT2D eigenvalue weighted by Gasteiger charge is -2.13. The molecule has 1 heterocycles. The van der Waals surface area contributed by atoms with Crippen LogP contribution >= 0.6 is 0 Å². The van der Waals surface area contributed by atoms with Gasteiger partial charge < -0.3 is 19.3 Å². The Labute approximate surface area is 93.7 Å². The van der Waals surface area contributed by atoms with E-state index in [2.05, 4.69) is 0 Å². The maximum Gasteiger partial charge on any atom is 0.231 e. The zero-order chi connectivity index (χ0) is 11.0. The third-order valence-corrected chi connectivity index (χ3v) is 3.00. The fourth-order valence-corrected chi connectivity index (χ4v) is 2.17. The van der Waals surface area contributed by atoms with E-state index >= 15 is 0 Å². The second kappa shape index (κ2) is 3.87. The highest BCUT2D eigenvalue weighted by atomic mass is 16.7. The molecule has 3 rings (SSSR count). The van der Waals surface area contributed by atoms with Crippen LogP contribution in [-0.2, 0) is 0 Å². The molecule has 2 atom stereocenters. The average molecular weight is 222 g/mol. The highest BCUT2D eigenvalue weighted by Gasteiger charge is 2.24. The fraction of sp³-hybridized carbons (Fsp3) is 0.500. The molecule has 2 unspecified atom stereocenters. The smallest absolute Gasteiger partial charge is 0.231 e. The minimum atomic E-state index is -0.209. The summed E-state index contributed by atoms with van der Waals surface area (Å²) < 4.78 is 16.3. The van der Waals surface area contributed by atoms with Crippen LogP contribution in [0.4, 0.5) is 0 Å². The van der Waals surface area contributed by atoms with Crippen molar-refractivity contribution in [1.82, 2.24) is 0 Å². The summed E-state index contributed by atoms with van der Waals surface area (Å²) in [5.41, 5.74) is 0. The molecule has 1 saturated carbocycles. The Kier molecular flexibility index (Phi) is 2.36. The normalized spacial score (nSPS) is 27.1. The van der Waals surface area contributed by atoms with Gasteiger partial charge in [-0.05, 0) is 25.0 Å². The summed E-state index contributed by atoms with van der Waals surface area (Å²) in [4.78, 5) is 0. The van der Waals surface area contributed by atoms with Crippen molar-refractivity contribution in [1.29, 1.82) is 0 Å².